The zero-order valence-corrected chi connectivity index (χ0v) is 10.3. The second kappa shape index (κ2) is 7.38. The van der Waals surface area contributed by atoms with Gasteiger partial charge in [-0.05, 0) is 13.0 Å². The maximum Gasteiger partial charge on any atom is 0.200 e. The van der Waals surface area contributed by atoms with Crippen LogP contribution >= 0.6 is 0 Å². The number of nitrogens with zero attached hydrogens (tertiary/aromatic N) is 2. The fraction of sp³-hybridized carbons (Fsp3) is 0.727. The van der Waals surface area contributed by atoms with Gasteiger partial charge in [-0.1, -0.05) is 6.92 Å². The standard InChI is InChI=1S/C11H21N3O2/c1-4-5-12-6-7-14-9-13-8-10(14)11(15-2)16-3/h8-9,11-12H,4-7H2,1-3H3. The summed E-state index contributed by atoms with van der Waals surface area (Å²) in [7, 11) is 3.25. The first kappa shape index (κ1) is 13.2. The lowest BCUT2D eigenvalue weighted by Gasteiger charge is -2.15. The second-order valence-corrected chi connectivity index (χ2v) is 3.57. The Morgan fingerprint density at radius 2 is 2.12 bits per heavy atom. The first-order valence-electron chi connectivity index (χ1n) is 5.59. The summed E-state index contributed by atoms with van der Waals surface area (Å²) in [4.78, 5) is 4.11. The lowest BCUT2D eigenvalue weighted by atomic mass is 10.4. The van der Waals surface area contributed by atoms with Crippen molar-refractivity contribution in [3.63, 3.8) is 0 Å². The minimum atomic E-state index is -0.339. The average molecular weight is 227 g/mol. The van der Waals surface area contributed by atoms with Crippen LogP contribution in [-0.2, 0) is 16.0 Å². The Hall–Kier alpha value is -0.910. The molecule has 0 fully saturated rings. The number of methoxy groups -OCH3 is 2. The highest BCUT2D eigenvalue weighted by molar-refractivity contribution is 5.00. The van der Waals surface area contributed by atoms with Crippen molar-refractivity contribution >= 4 is 0 Å². The van der Waals surface area contributed by atoms with Crippen LogP contribution in [0.25, 0.3) is 0 Å². The third-order valence-electron chi connectivity index (χ3n) is 2.37. The van der Waals surface area contributed by atoms with Crippen molar-refractivity contribution in [3.8, 4) is 0 Å². The summed E-state index contributed by atoms with van der Waals surface area (Å²) in [6.07, 6.45) is 4.38. The molecular formula is C11H21N3O2. The molecule has 0 aromatic carbocycles. The highest BCUT2D eigenvalue weighted by Crippen LogP contribution is 2.16. The molecule has 1 heterocycles. The Morgan fingerprint density at radius 1 is 1.38 bits per heavy atom. The Balaban J connectivity index is 2.49. The molecule has 0 bridgehead atoms. The van der Waals surface area contributed by atoms with Gasteiger partial charge in [0.05, 0.1) is 18.2 Å². The average Bonchev–Trinajstić information content (AvgIpc) is 2.75. The van der Waals surface area contributed by atoms with Crippen molar-refractivity contribution in [3.05, 3.63) is 18.2 Å². The lowest BCUT2D eigenvalue weighted by molar-refractivity contribution is -0.110. The molecule has 0 spiro atoms. The molecule has 16 heavy (non-hydrogen) atoms. The molecule has 92 valence electrons. The highest BCUT2D eigenvalue weighted by Gasteiger charge is 2.13. The number of nitrogens with one attached hydrogen (secondary N) is 1. The van der Waals surface area contributed by atoms with E-state index in [2.05, 4.69) is 17.2 Å². The van der Waals surface area contributed by atoms with E-state index in [0.717, 1.165) is 31.7 Å². The molecule has 0 atom stereocenters. The summed E-state index contributed by atoms with van der Waals surface area (Å²) in [6.45, 7) is 5.00. The van der Waals surface area contributed by atoms with E-state index in [1.54, 1.807) is 26.7 Å². The summed E-state index contributed by atoms with van der Waals surface area (Å²) in [5, 5.41) is 3.35. The third kappa shape index (κ3) is 3.59. The van der Waals surface area contributed by atoms with Crippen LogP contribution in [0.2, 0.25) is 0 Å². The van der Waals surface area contributed by atoms with Crippen LogP contribution in [-0.4, -0.2) is 36.9 Å². The SMILES string of the molecule is CCCNCCn1cncc1C(OC)OC. The van der Waals surface area contributed by atoms with Crippen molar-refractivity contribution in [1.82, 2.24) is 14.9 Å². The lowest BCUT2D eigenvalue weighted by Crippen LogP contribution is -2.22. The molecule has 0 aliphatic heterocycles. The number of imidazole rings is 1. The van der Waals surface area contributed by atoms with E-state index in [1.165, 1.54) is 0 Å². The van der Waals surface area contributed by atoms with Gasteiger partial charge in [0.25, 0.3) is 0 Å². The van der Waals surface area contributed by atoms with Gasteiger partial charge in [-0.2, -0.15) is 0 Å². The van der Waals surface area contributed by atoms with Gasteiger partial charge >= 0.3 is 0 Å². The fourth-order valence-electron chi connectivity index (χ4n) is 1.55. The Bertz CT molecular complexity index is 285. The van der Waals surface area contributed by atoms with Crippen LogP contribution in [0.1, 0.15) is 25.3 Å². The normalized spacial score (nSPS) is 11.2. The van der Waals surface area contributed by atoms with Crippen LogP contribution < -0.4 is 5.32 Å². The van der Waals surface area contributed by atoms with E-state index < -0.39 is 0 Å². The molecule has 1 aromatic rings. The van der Waals surface area contributed by atoms with Crippen LogP contribution in [0.3, 0.4) is 0 Å². The minimum absolute atomic E-state index is 0.339. The van der Waals surface area contributed by atoms with E-state index in [4.69, 9.17) is 9.47 Å². The monoisotopic (exact) mass is 227 g/mol. The molecule has 1 aromatic heterocycles. The van der Waals surface area contributed by atoms with E-state index >= 15 is 0 Å². The minimum Gasteiger partial charge on any atom is -0.350 e. The maximum absolute atomic E-state index is 5.21. The summed E-state index contributed by atoms with van der Waals surface area (Å²) in [6, 6.07) is 0. The van der Waals surface area contributed by atoms with Crippen molar-refractivity contribution in [2.24, 2.45) is 0 Å². The molecule has 0 saturated heterocycles. The Kier molecular flexibility index (Phi) is 6.07. The summed E-state index contributed by atoms with van der Waals surface area (Å²) in [5.41, 5.74) is 0.947. The zero-order chi connectivity index (χ0) is 11.8. The van der Waals surface area contributed by atoms with Gasteiger partial charge < -0.3 is 19.4 Å². The highest BCUT2D eigenvalue weighted by atomic mass is 16.7. The van der Waals surface area contributed by atoms with E-state index in [1.807, 2.05) is 4.57 Å². The zero-order valence-electron chi connectivity index (χ0n) is 10.3. The van der Waals surface area contributed by atoms with E-state index in [-0.39, 0.29) is 6.29 Å². The molecule has 5 nitrogen and oxygen atoms in total. The van der Waals surface area contributed by atoms with Crippen molar-refractivity contribution in [2.75, 3.05) is 27.3 Å². The third-order valence-corrected chi connectivity index (χ3v) is 2.37. The van der Waals surface area contributed by atoms with Crippen LogP contribution in [0.4, 0.5) is 0 Å². The second-order valence-electron chi connectivity index (χ2n) is 3.57. The van der Waals surface area contributed by atoms with Gasteiger partial charge in [0.1, 0.15) is 0 Å². The van der Waals surface area contributed by atoms with E-state index in [0.29, 0.717) is 0 Å². The van der Waals surface area contributed by atoms with Gasteiger partial charge in [0.2, 0.25) is 0 Å². The molecule has 0 radical (unpaired) electrons. The topological polar surface area (TPSA) is 48.3 Å². The number of ether oxygens (including phenoxy) is 2. The van der Waals surface area contributed by atoms with Gasteiger partial charge in [0, 0.05) is 27.3 Å². The van der Waals surface area contributed by atoms with Crippen LogP contribution in [0.15, 0.2) is 12.5 Å². The first-order chi connectivity index (χ1) is 7.83. The summed E-state index contributed by atoms with van der Waals surface area (Å²) in [5.74, 6) is 0. The number of aromatic nitrogens is 2. The van der Waals surface area contributed by atoms with Gasteiger partial charge in [0.15, 0.2) is 6.29 Å². The predicted octanol–water partition coefficient (Wildman–Crippen LogP) is 1.17. The molecule has 1 N–H and O–H groups in total. The predicted molar refractivity (Wildman–Crippen MR) is 62.1 cm³/mol. The smallest absolute Gasteiger partial charge is 0.200 e. The molecule has 0 unspecified atom stereocenters. The van der Waals surface area contributed by atoms with Crippen molar-refractivity contribution in [1.29, 1.82) is 0 Å². The van der Waals surface area contributed by atoms with Crippen molar-refractivity contribution in [2.45, 2.75) is 26.2 Å². The van der Waals surface area contributed by atoms with Crippen LogP contribution in [0, 0.1) is 0 Å². The molecule has 5 heteroatoms. The molecule has 0 aliphatic carbocycles. The quantitative estimate of drug-likeness (QED) is 0.535. The maximum atomic E-state index is 5.21. The van der Waals surface area contributed by atoms with Crippen molar-refractivity contribution < 1.29 is 9.47 Å². The fourth-order valence-corrected chi connectivity index (χ4v) is 1.55. The number of hydrogen-bond donors (Lipinski definition) is 1. The summed E-state index contributed by atoms with van der Waals surface area (Å²) >= 11 is 0. The van der Waals surface area contributed by atoms with E-state index in [9.17, 15) is 0 Å². The van der Waals surface area contributed by atoms with Gasteiger partial charge in [-0.25, -0.2) is 4.98 Å². The molecule has 0 aliphatic rings. The first-order valence-corrected chi connectivity index (χ1v) is 5.59. The molecular weight excluding hydrogens is 206 g/mol. The number of hydrogen-bond acceptors (Lipinski definition) is 4. The molecule has 0 amide bonds. The van der Waals surface area contributed by atoms with Gasteiger partial charge in [-0.3, -0.25) is 0 Å². The Morgan fingerprint density at radius 3 is 2.75 bits per heavy atom. The molecule has 0 saturated carbocycles. The molecule has 1 rings (SSSR count). The largest absolute Gasteiger partial charge is 0.350 e. The summed E-state index contributed by atoms with van der Waals surface area (Å²) < 4.78 is 12.5. The van der Waals surface area contributed by atoms with Gasteiger partial charge in [-0.15, -0.1) is 0 Å². The number of rotatable bonds is 8. The Labute approximate surface area is 96.8 Å². The van der Waals surface area contributed by atoms with Crippen LogP contribution in [0.5, 0.6) is 0 Å².